The van der Waals surface area contributed by atoms with E-state index in [-0.39, 0.29) is 0 Å². The highest BCUT2D eigenvalue weighted by Gasteiger charge is 2.06. The van der Waals surface area contributed by atoms with Gasteiger partial charge in [0.15, 0.2) is 0 Å². The number of ether oxygens (including phenoxy) is 2. The van der Waals surface area contributed by atoms with Crippen LogP contribution >= 0.6 is 27.3 Å². The largest absolute Gasteiger partial charge is 0.497 e. The second kappa shape index (κ2) is 7.28. The average molecular weight is 369 g/mol. The Morgan fingerprint density at radius 3 is 2.81 bits per heavy atom. The number of rotatable bonds is 6. The summed E-state index contributed by atoms with van der Waals surface area (Å²) >= 11 is 4.99. The van der Waals surface area contributed by atoms with Crippen LogP contribution < -0.4 is 9.47 Å². The van der Waals surface area contributed by atoms with Crippen LogP contribution in [0.3, 0.4) is 0 Å². The molecule has 6 heteroatoms. The van der Waals surface area contributed by atoms with E-state index >= 15 is 0 Å². The smallest absolute Gasteiger partial charge is 0.328 e. The Morgan fingerprint density at radius 1 is 1.38 bits per heavy atom. The number of carbonyl (C=O) groups is 1. The van der Waals surface area contributed by atoms with Crippen LogP contribution in [-0.2, 0) is 11.4 Å². The fourth-order valence-corrected chi connectivity index (χ4v) is 3.04. The summed E-state index contributed by atoms with van der Waals surface area (Å²) in [5, 5.41) is 8.72. The van der Waals surface area contributed by atoms with E-state index < -0.39 is 5.97 Å². The predicted octanol–water partition coefficient (Wildman–Crippen LogP) is 4.20. The van der Waals surface area contributed by atoms with Crippen molar-refractivity contribution in [2.75, 3.05) is 7.11 Å². The van der Waals surface area contributed by atoms with Gasteiger partial charge in [0.05, 0.1) is 10.9 Å². The molecular formula is C15H13BrO4S. The molecule has 0 unspecified atom stereocenters. The number of hydrogen-bond acceptors (Lipinski definition) is 4. The van der Waals surface area contributed by atoms with Gasteiger partial charge in [0.2, 0.25) is 0 Å². The fourth-order valence-electron chi connectivity index (χ4n) is 1.64. The summed E-state index contributed by atoms with van der Waals surface area (Å²) in [5.74, 6) is 0.236. The molecule has 0 fully saturated rings. The molecule has 0 aliphatic rings. The molecule has 4 nitrogen and oxygen atoms in total. The first-order chi connectivity index (χ1) is 10.1. The quantitative estimate of drug-likeness (QED) is 0.776. The number of thiophene rings is 1. The minimum atomic E-state index is -1.00. The van der Waals surface area contributed by atoms with Crippen LogP contribution in [0.1, 0.15) is 10.4 Å². The lowest BCUT2D eigenvalue weighted by molar-refractivity contribution is -0.131. The van der Waals surface area contributed by atoms with E-state index in [1.54, 1.807) is 36.6 Å². The van der Waals surface area contributed by atoms with Gasteiger partial charge in [0.25, 0.3) is 0 Å². The maximum atomic E-state index is 10.6. The van der Waals surface area contributed by atoms with Crippen molar-refractivity contribution >= 4 is 39.3 Å². The number of aliphatic carboxylic acids is 1. The maximum Gasteiger partial charge on any atom is 0.328 e. The van der Waals surface area contributed by atoms with Gasteiger partial charge in [-0.15, -0.1) is 11.3 Å². The number of benzene rings is 1. The molecule has 0 bridgehead atoms. The van der Waals surface area contributed by atoms with Gasteiger partial charge in [-0.1, -0.05) is 0 Å². The Balaban J connectivity index is 2.19. The Kier molecular flexibility index (Phi) is 5.41. The Labute approximate surface area is 134 Å². The van der Waals surface area contributed by atoms with Crippen LogP contribution in [-0.4, -0.2) is 18.2 Å². The van der Waals surface area contributed by atoms with Gasteiger partial charge in [-0.05, 0) is 46.3 Å². The van der Waals surface area contributed by atoms with E-state index in [0.717, 1.165) is 14.7 Å². The van der Waals surface area contributed by atoms with Gasteiger partial charge in [-0.25, -0.2) is 4.79 Å². The van der Waals surface area contributed by atoms with E-state index in [0.29, 0.717) is 23.7 Å². The molecule has 0 aliphatic heterocycles. The first kappa shape index (κ1) is 15.6. The van der Waals surface area contributed by atoms with E-state index in [2.05, 4.69) is 15.9 Å². The molecule has 0 saturated heterocycles. The van der Waals surface area contributed by atoms with E-state index in [1.165, 1.54) is 6.08 Å². The van der Waals surface area contributed by atoms with Crippen LogP contribution in [0.25, 0.3) is 6.08 Å². The maximum absolute atomic E-state index is 10.6. The molecule has 1 aromatic carbocycles. The molecule has 0 spiro atoms. The van der Waals surface area contributed by atoms with E-state index in [4.69, 9.17) is 14.6 Å². The summed E-state index contributed by atoms with van der Waals surface area (Å²) in [6, 6.07) is 9.19. The van der Waals surface area contributed by atoms with Crippen molar-refractivity contribution in [1.29, 1.82) is 0 Å². The molecule has 110 valence electrons. The third kappa shape index (κ3) is 4.61. The topological polar surface area (TPSA) is 55.8 Å². The zero-order valence-electron chi connectivity index (χ0n) is 11.2. The van der Waals surface area contributed by atoms with Gasteiger partial charge < -0.3 is 14.6 Å². The molecule has 1 heterocycles. The van der Waals surface area contributed by atoms with Crippen molar-refractivity contribution < 1.29 is 19.4 Å². The third-order valence-electron chi connectivity index (χ3n) is 2.62. The zero-order valence-corrected chi connectivity index (χ0v) is 13.6. The number of carboxylic acids is 1. The lowest BCUT2D eigenvalue weighted by Gasteiger charge is -2.10. The summed E-state index contributed by atoms with van der Waals surface area (Å²) in [5.41, 5.74) is 0.689. The van der Waals surface area contributed by atoms with Crippen LogP contribution in [0, 0.1) is 0 Å². The third-order valence-corrected chi connectivity index (χ3v) is 4.22. The van der Waals surface area contributed by atoms with Crippen LogP contribution in [0.2, 0.25) is 0 Å². The highest BCUT2D eigenvalue weighted by Crippen LogP contribution is 2.28. The van der Waals surface area contributed by atoms with Gasteiger partial charge in [-0.2, -0.15) is 0 Å². The minimum absolute atomic E-state index is 0.414. The second-order valence-corrected chi connectivity index (χ2v) is 6.62. The van der Waals surface area contributed by atoms with Crippen molar-refractivity contribution in [3.8, 4) is 11.5 Å². The molecule has 0 aliphatic carbocycles. The van der Waals surface area contributed by atoms with Gasteiger partial charge in [-0.3, -0.25) is 0 Å². The number of hydrogen-bond donors (Lipinski definition) is 1. The van der Waals surface area contributed by atoms with Crippen molar-refractivity contribution in [3.63, 3.8) is 0 Å². The molecule has 1 N–H and O–H groups in total. The standard InChI is InChI=1S/C15H13BrO4S/c1-19-11-4-2-10(3-7-15(17)18)13(8-11)20-9-12-5-6-14(16)21-12/h2-8H,9H2,1H3,(H,17,18)/b7-3+. The molecule has 2 rings (SSSR count). The van der Waals surface area contributed by atoms with Crippen LogP contribution in [0.4, 0.5) is 0 Å². The van der Waals surface area contributed by atoms with Crippen molar-refractivity contribution in [1.82, 2.24) is 0 Å². The van der Waals surface area contributed by atoms with Crippen molar-refractivity contribution in [2.45, 2.75) is 6.61 Å². The Morgan fingerprint density at radius 2 is 2.19 bits per heavy atom. The van der Waals surface area contributed by atoms with Crippen molar-refractivity contribution in [2.24, 2.45) is 0 Å². The molecule has 21 heavy (non-hydrogen) atoms. The highest BCUT2D eigenvalue weighted by molar-refractivity contribution is 9.11. The first-order valence-electron chi connectivity index (χ1n) is 6.04. The lowest BCUT2D eigenvalue weighted by atomic mass is 10.1. The highest BCUT2D eigenvalue weighted by atomic mass is 79.9. The van der Waals surface area contributed by atoms with Gasteiger partial charge >= 0.3 is 5.97 Å². The molecule has 0 atom stereocenters. The van der Waals surface area contributed by atoms with E-state index in [1.807, 2.05) is 12.1 Å². The number of halogens is 1. The molecule has 0 saturated carbocycles. The first-order valence-corrected chi connectivity index (χ1v) is 7.65. The Bertz CT molecular complexity index is 663. The average Bonchev–Trinajstić information content (AvgIpc) is 2.88. The van der Waals surface area contributed by atoms with E-state index in [9.17, 15) is 4.79 Å². The number of carboxylic acid groups (broad SMARTS) is 1. The molecular weight excluding hydrogens is 356 g/mol. The SMILES string of the molecule is COc1ccc(/C=C/C(=O)O)c(OCc2ccc(Br)s2)c1. The monoisotopic (exact) mass is 368 g/mol. The summed E-state index contributed by atoms with van der Waals surface area (Å²) < 4.78 is 12.0. The van der Waals surface area contributed by atoms with Gasteiger partial charge in [0.1, 0.15) is 18.1 Å². The molecule has 0 amide bonds. The molecule has 2 aromatic rings. The summed E-state index contributed by atoms with van der Waals surface area (Å²) in [6.45, 7) is 0.414. The summed E-state index contributed by atoms with van der Waals surface area (Å²) in [4.78, 5) is 11.7. The van der Waals surface area contributed by atoms with Crippen molar-refractivity contribution in [3.05, 3.63) is 50.6 Å². The minimum Gasteiger partial charge on any atom is -0.497 e. The number of methoxy groups -OCH3 is 1. The zero-order chi connectivity index (χ0) is 15.2. The normalized spacial score (nSPS) is 10.8. The lowest BCUT2D eigenvalue weighted by Crippen LogP contribution is -1.96. The Hall–Kier alpha value is -1.79. The molecule has 1 aromatic heterocycles. The summed E-state index contributed by atoms with van der Waals surface area (Å²) in [7, 11) is 1.57. The van der Waals surface area contributed by atoms with Gasteiger partial charge in [0, 0.05) is 22.6 Å². The predicted molar refractivity (Wildman–Crippen MR) is 86.0 cm³/mol. The fraction of sp³-hybridized carbons (Fsp3) is 0.133. The van der Waals surface area contributed by atoms with Crippen LogP contribution in [0.15, 0.2) is 40.2 Å². The molecule has 0 radical (unpaired) electrons. The van der Waals surface area contributed by atoms with Crippen LogP contribution in [0.5, 0.6) is 11.5 Å². The second-order valence-electron chi connectivity index (χ2n) is 4.07. The summed E-state index contributed by atoms with van der Waals surface area (Å²) in [6.07, 6.45) is 2.58.